The van der Waals surface area contributed by atoms with Crippen molar-refractivity contribution in [2.24, 2.45) is 11.7 Å². The first-order chi connectivity index (χ1) is 8.20. The van der Waals surface area contributed by atoms with E-state index in [0.717, 1.165) is 19.4 Å². The van der Waals surface area contributed by atoms with E-state index >= 15 is 0 Å². The Morgan fingerprint density at radius 3 is 2.76 bits per heavy atom. The molecule has 1 fully saturated rings. The van der Waals surface area contributed by atoms with Crippen LogP contribution in [-0.4, -0.2) is 19.0 Å². The molecule has 1 aromatic carbocycles. The van der Waals surface area contributed by atoms with Crippen LogP contribution in [0.1, 0.15) is 25.3 Å². The van der Waals surface area contributed by atoms with E-state index in [2.05, 4.69) is 24.4 Å². The highest BCUT2D eigenvalue weighted by Gasteiger charge is 2.46. The smallest absolute Gasteiger partial charge is 0.222 e. The maximum Gasteiger partial charge on any atom is 0.222 e. The molecule has 0 saturated carbocycles. The fourth-order valence-corrected chi connectivity index (χ4v) is 3.06. The van der Waals surface area contributed by atoms with Crippen LogP contribution in [0.4, 0.5) is 0 Å². The van der Waals surface area contributed by atoms with Crippen molar-refractivity contribution in [1.29, 1.82) is 0 Å². The summed E-state index contributed by atoms with van der Waals surface area (Å²) in [4.78, 5) is 11.6. The van der Waals surface area contributed by atoms with Crippen molar-refractivity contribution in [2.45, 2.75) is 25.2 Å². The maximum atomic E-state index is 11.6. The number of nitrogens with one attached hydrogen (secondary N) is 1. The summed E-state index contributed by atoms with van der Waals surface area (Å²) in [5, 5.41) is 3.33. The zero-order valence-corrected chi connectivity index (χ0v) is 10.3. The third-order valence-electron chi connectivity index (χ3n) is 3.84. The van der Waals surface area contributed by atoms with Gasteiger partial charge >= 0.3 is 0 Å². The molecule has 3 N–H and O–H groups in total. The number of hydrogen-bond donors (Lipinski definition) is 2. The molecule has 3 nitrogen and oxygen atoms in total. The molecule has 0 aliphatic carbocycles. The van der Waals surface area contributed by atoms with E-state index in [1.54, 1.807) is 0 Å². The van der Waals surface area contributed by atoms with Crippen LogP contribution in [0.25, 0.3) is 0 Å². The largest absolute Gasteiger partial charge is 0.369 e. The van der Waals surface area contributed by atoms with Gasteiger partial charge in [-0.15, -0.1) is 0 Å². The van der Waals surface area contributed by atoms with Crippen molar-refractivity contribution in [3.63, 3.8) is 0 Å². The second-order valence-electron chi connectivity index (χ2n) is 4.86. The van der Waals surface area contributed by atoms with Gasteiger partial charge in [0.2, 0.25) is 5.91 Å². The minimum Gasteiger partial charge on any atom is -0.369 e. The van der Waals surface area contributed by atoms with Gasteiger partial charge in [0.1, 0.15) is 0 Å². The third kappa shape index (κ3) is 2.07. The maximum absolute atomic E-state index is 11.6. The Morgan fingerprint density at radius 2 is 2.18 bits per heavy atom. The highest BCUT2D eigenvalue weighted by molar-refractivity contribution is 5.79. The van der Waals surface area contributed by atoms with Crippen molar-refractivity contribution in [1.82, 2.24) is 5.32 Å². The first-order valence-corrected chi connectivity index (χ1v) is 6.26. The summed E-state index contributed by atoms with van der Waals surface area (Å²) in [6, 6.07) is 10.3. The Labute approximate surface area is 102 Å². The number of amides is 1. The fourth-order valence-electron chi connectivity index (χ4n) is 3.06. The molecule has 17 heavy (non-hydrogen) atoms. The lowest BCUT2D eigenvalue weighted by Crippen LogP contribution is -2.42. The van der Waals surface area contributed by atoms with Crippen molar-refractivity contribution < 1.29 is 4.79 Å². The van der Waals surface area contributed by atoms with Gasteiger partial charge in [0.15, 0.2) is 0 Å². The lowest BCUT2D eigenvalue weighted by Gasteiger charge is -2.33. The van der Waals surface area contributed by atoms with Gasteiger partial charge in [-0.05, 0) is 12.0 Å². The van der Waals surface area contributed by atoms with E-state index in [4.69, 9.17) is 5.73 Å². The monoisotopic (exact) mass is 232 g/mol. The summed E-state index contributed by atoms with van der Waals surface area (Å²) in [6.45, 7) is 3.70. The molecule has 0 aromatic heterocycles. The van der Waals surface area contributed by atoms with Crippen LogP contribution < -0.4 is 11.1 Å². The molecule has 1 heterocycles. The van der Waals surface area contributed by atoms with E-state index in [1.165, 1.54) is 5.56 Å². The molecule has 2 unspecified atom stereocenters. The molecule has 92 valence electrons. The Hall–Kier alpha value is -1.35. The number of primary amides is 1. The fraction of sp³-hybridized carbons (Fsp3) is 0.500. The van der Waals surface area contributed by atoms with Gasteiger partial charge in [-0.25, -0.2) is 0 Å². The molecule has 1 aliphatic heterocycles. The molecule has 0 bridgehead atoms. The van der Waals surface area contributed by atoms with Crippen LogP contribution in [0.15, 0.2) is 30.3 Å². The second-order valence-corrected chi connectivity index (χ2v) is 4.86. The Balaban J connectivity index is 2.42. The quantitative estimate of drug-likeness (QED) is 0.825. The average molecular weight is 232 g/mol. The highest BCUT2D eigenvalue weighted by atomic mass is 16.1. The number of carbonyl (C=O) groups is 1. The van der Waals surface area contributed by atoms with Crippen LogP contribution in [0.2, 0.25) is 0 Å². The molecule has 3 heteroatoms. The lowest BCUT2D eigenvalue weighted by atomic mass is 9.69. The molecule has 2 atom stereocenters. The number of nitrogens with two attached hydrogens (primary N) is 1. The van der Waals surface area contributed by atoms with Crippen molar-refractivity contribution >= 4 is 5.91 Å². The lowest BCUT2D eigenvalue weighted by molar-refractivity contribution is -0.122. The van der Waals surface area contributed by atoms with E-state index in [1.807, 2.05) is 18.2 Å². The zero-order chi connectivity index (χ0) is 12.3. The molecule has 1 aliphatic rings. The van der Waals surface area contributed by atoms with Crippen LogP contribution in [0.3, 0.4) is 0 Å². The van der Waals surface area contributed by atoms with E-state index < -0.39 is 0 Å². The van der Waals surface area contributed by atoms with Crippen LogP contribution >= 0.6 is 0 Å². The highest BCUT2D eigenvalue weighted by Crippen LogP contribution is 2.39. The van der Waals surface area contributed by atoms with Crippen molar-refractivity contribution in [3.05, 3.63) is 35.9 Å². The van der Waals surface area contributed by atoms with Gasteiger partial charge in [-0.3, -0.25) is 4.79 Å². The predicted octanol–water partition coefficient (Wildman–Crippen LogP) is 1.43. The molecular weight excluding hydrogens is 212 g/mol. The van der Waals surface area contributed by atoms with Gasteiger partial charge in [-0.1, -0.05) is 43.7 Å². The minimum absolute atomic E-state index is 0.0927. The van der Waals surface area contributed by atoms with Gasteiger partial charge < -0.3 is 11.1 Å². The minimum atomic E-state index is -0.188. The van der Waals surface area contributed by atoms with E-state index in [-0.39, 0.29) is 17.2 Å². The van der Waals surface area contributed by atoms with Crippen LogP contribution in [-0.2, 0) is 10.2 Å². The Bertz CT molecular complexity index is 390. The second kappa shape index (κ2) is 4.88. The first-order valence-electron chi connectivity index (χ1n) is 6.26. The molecule has 1 amide bonds. The molecule has 2 rings (SSSR count). The molecular formula is C14H20N2O. The molecule has 0 radical (unpaired) electrons. The number of hydrogen-bond acceptors (Lipinski definition) is 2. The zero-order valence-electron chi connectivity index (χ0n) is 10.3. The summed E-state index contributed by atoms with van der Waals surface area (Å²) < 4.78 is 0. The van der Waals surface area contributed by atoms with Crippen molar-refractivity contribution in [2.75, 3.05) is 13.1 Å². The summed E-state index contributed by atoms with van der Waals surface area (Å²) in [7, 11) is 0. The Morgan fingerprint density at radius 1 is 1.47 bits per heavy atom. The van der Waals surface area contributed by atoms with E-state index in [0.29, 0.717) is 6.54 Å². The SMILES string of the molecule is CCCC1(c2ccccc2)CNCC1C(N)=O. The number of benzene rings is 1. The van der Waals surface area contributed by atoms with Gasteiger partial charge in [-0.2, -0.15) is 0 Å². The topological polar surface area (TPSA) is 55.1 Å². The van der Waals surface area contributed by atoms with E-state index in [9.17, 15) is 4.79 Å². The average Bonchev–Trinajstić information content (AvgIpc) is 2.76. The summed E-state index contributed by atoms with van der Waals surface area (Å²) in [5.74, 6) is -0.280. The van der Waals surface area contributed by atoms with Crippen molar-refractivity contribution in [3.8, 4) is 0 Å². The molecule has 0 spiro atoms. The predicted molar refractivity (Wildman–Crippen MR) is 68.6 cm³/mol. The normalized spacial score (nSPS) is 28.2. The number of rotatable bonds is 4. The van der Waals surface area contributed by atoms with Crippen LogP contribution in [0.5, 0.6) is 0 Å². The number of carbonyl (C=O) groups excluding carboxylic acids is 1. The first kappa shape index (κ1) is 12.1. The summed E-state index contributed by atoms with van der Waals surface area (Å²) >= 11 is 0. The third-order valence-corrected chi connectivity index (χ3v) is 3.84. The molecule has 1 saturated heterocycles. The van der Waals surface area contributed by atoms with Gasteiger partial charge in [0, 0.05) is 18.5 Å². The molecule has 1 aromatic rings. The summed E-state index contributed by atoms with van der Waals surface area (Å²) in [5.41, 5.74) is 6.68. The standard InChI is InChI=1S/C14H20N2O/c1-2-8-14(11-6-4-3-5-7-11)10-16-9-12(14)13(15)17/h3-7,12,16H,2,8-10H2,1H3,(H2,15,17). The van der Waals surface area contributed by atoms with Gasteiger partial charge in [0.25, 0.3) is 0 Å². The van der Waals surface area contributed by atoms with Crippen LogP contribution in [0, 0.1) is 5.92 Å². The summed E-state index contributed by atoms with van der Waals surface area (Å²) in [6.07, 6.45) is 2.05. The van der Waals surface area contributed by atoms with Gasteiger partial charge in [0.05, 0.1) is 5.92 Å². The Kier molecular flexibility index (Phi) is 3.48.